The van der Waals surface area contributed by atoms with Crippen molar-refractivity contribution in [1.82, 2.24) is 10.3 Å². The summed E-state index contributed by atoms with van der Waals surface area (Å²) < 4.78 is 5.54. The lowest BCUT2D eigenvalue weighted by molar-refractivity contribution is -0.124. The van der Waals surface area contributed by atoms with E-state index < -0.39 is 5.97 Å². The van der Waals surface area contributed by atoms with Gasteiger partial charge in [0.2, 0.25) is 0 Å². The number of benzene rings is 1. The zero-order valence-electron chi connectivity index (χ0n) is 19.0. The first kappa shape index (κ1) is 21.8. The Labute approximate surface area is 185 Å². The topological polar surface area (TPSA) is 68.3 Å². The molecule has 0 bridgehead atoms. The van der Waals surface area contributed by atoms with E-state index >= 15 is 0 Å². The molecule has 1 heterocycles. The molecular weight excluding hydrogens is 388 g/mol. The van der Waals surface area contributed by atoms with Crippen LogP contribution in [0.2, 0.25) is 0 Å². The van der Waals surface area contributed by atoms with E-state index in [1.54, 1.807) is 0 Å². The van der Waals surface area contributed by atoms with Gasteiger partial charge in [0.1, 0.15) is 0 Å². The number of aromatic nitrogens is 1. The number of hydrogen-bond donors (Lipinski definition) is 1. The van der Waals surface area contributed by atoms with E-state index in [-0.39, 0.29) is 24.0 Å². The van der Waals surface area contributed by atoms with Crippen molar-refractivity contribution in [3.05, 3.63) is 41.1 Å². The van der Waals surface area contributed by atoms with Crippen molar-refractivity contribution in [1.29, 1.82) is 0 Å². The first-order valence-electron chi connectivity index (χ1n) is 11.8. The summed E-state index contributed by atoms with van der Waals surface area (Å²) >= 11 is 0. The molecule has 1 amide bonds. The number of rotatable bonds is 6. The van der Waals surface area contributed by atoms with Crippen LogP contribution in [0.5, 0.6) is 0 Å². The third kappa shape index (κ3) is 4.60. The Balaban J connectivity index is 1.60. The fraction of sp³-hybridized carbons (Fsp3) is 0.577. The third-order valence-corrected chi connectivity index (χ3v) is 7.53. The van der Waals surface area contributed by atoms with Gasteiger partial charge in [-0.3, -0.25) is 9.78 Å². The minimum atomic E-state index is -0.411. The molecule has 31 heavy (non-hydrogen) atoms. The highest BCUT2D eigenvalue weighted by Gasteiger charge is 2.34. The largest absolute Gasteiger partial charge is 0.452 e. The Kier molecular flexibility index (Phi) is 6.31. The summed E-state index contributed by atoms with van der Waals surface area (Å²) in [6.45, 7) is 6.61. The SMILES string of the molecule is CCC(C)(C)[C@@H]1CCc2nc3ccccc3c(C(=O)OCC(=O)NC3CCCC3)c2C1. The lowest BCUT2D eigenvalue weighted by Crippen LogP contribution is -2.36. The van der Waals surface area contributed by atoms with E-state index in [0.717, 1.165) is 73.5 Å². The average Bonchev–Trinajstić information content (AvgIpc) is 3.28. The third-order valence-electron chi connectivity index (χ3n) is 7.53. The van der Waals surface area contributed by atoms with Gasteiger partial charge in [-0.2, -0.15) is 0 Å². The summed E-state index contributed by atoms with van der Waals surface area (Å²) in [6.07, 6.45) is 8.19. The van der Waals surface area contributed by atoms with Gasteiger partial charge in [-0.25, -0.2) is 4.79 Å². The number of esters is 1. The van der Waals surface area contributed by atoms with E-state index in [2.05, 4.69) is 26.1 Å². The summed E-state index contributed by atoms with van der Waals surface area (Å²) in [4.78, 5) is 30.5. The predicted molar refractivity (Wildman–Crippen MR) is 122 cm³/mol. The Morgan fingerprint density at radius 3 is 2.65 bits per heavy atom. The first-order chi connectivity index (χ1) is 14.9. The average molecular weight is 423 g/mol. The smallest absolute Gasteiger partial charge is 0.339 e. The maximum Gasteiger partial charge on any atom is 0.339 e. The molecule has 0 spiro atoms. The van der Waals surface area contributed by atoms with E-state index in [1.165, 1.54) is 0 Å². The van der Waals surface area contributed by atoms with Crippen LogP contribution < -0.4 is 5.32 Å². The van der Waals surface area contributed by atoms with E-state index in [1.807, 2.05) is 24.3 Å². The number of nitrogens with zero attached hydrogens (tertiary/aromatic N) is 1. The molecule has 0 radical (unpaired) electrons. The summed E-state index contributed by atoms with van der Waals surface area (Å²) in [5.41, 5.74) is 3.63. The Hall–Kier alpha value is -2.43. The number of aryl methyl sites for hydroxylation is 1. The number of carbonyl (C=O) groups excluding carboxylic acids is 2. The van der Waals surface area contributed by atoms with Crippen molar-refractivity contribution in [3.8, 4) is 0 Å². The number of ether oxygens (including phenoxy) is 1. The highest BCUT2D eigenvalue weighted by molar-refractivity contribution is 6.05. The second-order valence-corrected chi connectivity index (χ2v) is 9.84. The maximum atomic E-state index is 13.3. The molecule has 1 fully saturated rings. The molecule has 5 heteroatoms. The zero-order chi connectivity index (χ0) is 22.0. The fourth-order valence-corrected chi connectivity index (χ4v) is 5.12. The Morgan fingerprint density at radius 2 is 1.90 bits per heavy atom. The molecule has 5 nitrogen and oxygen atoms in total. The van der Waals surface area contributed by atoms with Crippen LogP contribution in [-0.2, 0) is 22.4 Å². The van der Waals surface area contributed by atoms with Gasteiger partial charge in [0.05, 0.1) is 11.1 Å². The lowest BCUT2D eigenvalue weighted by atomic mass is 9.68. The summed E-state index contributed by atoms with van der Waals surface area (Å²) in [7, 11) is 0. The minimum absolute atomic E-state index is 0.200. The summed E-state index contributed by atoms with van der Waals surface area (Å²) in [6, 6.07) is 7.97. The van der Waals surface area contributed by atoms with Gasteiger partial charge >= 0.3 is 5.97 Å². The van der Waals surface area contributed by atoms with Gasteiger partial charge < -0.3 is 10.1 Å². The molecule has 1 N–H and O–H groups in total. The molecular formula is C26H34N2O3. The summed E-state index contributed by atoms with van der Waals surface area (Å²) in [5.74, 6) is -0.131. The number of carbonyl (C=O) groups is 2. The number of hydrogen-bond acceptors (Lipinski definition) is 4. The lowest BCUT2D eigenvalue weighted by Gasteiger charge is -2.37. The van der Waals surface area contributed by atoms with Gasteiger partial charge in [0.25, 0.3) is 5.91 Å². The monoisotopic (exact) mass is 422 g/mol. The Morgan fingerprint density at radius 1 is 1.16 bits per heavy atom. The van der Waals surface area contributed by atoms with Crippen molar-refractivity contribution < 1.29 is 14.3 Å². The van der Waals surface area contributed by atoms with Crippen LogP contribution >= 0.6 is 0 Å². The maximum absolute atomic E-state index is 13.3. The van der Waals surface area contributed by atoms with Crippen molar-refractivity contribution in [2.45, 2.75) is 78.2 Å². The van der Waals surface area contributed by atoms with Crippen LogP contribution in [0.1, 0.15) is 80.9 Å². The summed E-state index contributed by atoms with van der Waals surface area (Å²) in [5, 5.41) is 3.81. The van der Waals surface area contributed by atoms with Crippen LogP contribution in [0.25, 0.3) is 10.9 Å². The second-order valence-electron chi connectivity index (χ2n) is 9.84. The molecule has 2 aromatic rings. The normalized spacial score (nSPS) is 19.3. The molecule has 1 saturated carbocycles. The minimum Gasteiger partial charge on any atom is -0.452 e. The zero-order valence-corrected chi connectivity index (χ0v) is 19.0. The molecule has 0 saturated heterocycles. The molecule has 0 aliphatic heterocycles. The Bertz CT molecular complexity index is 976. The molecule has 1 aromatic heterocycles. The molecule has 2 aliphatic carbocycles. The number of para-hydroxylation sites is 1. The molecule has 166 valence electrons. The van der Waals surface area contributed by atoms with E-state index in [9.17, 15) is 9.59 Å². The van der Waals surface area contributed by atoms with Gasteiger partial charge in [-0.15, -0.1) is 0 Å². The predicted octanol–water partition coefficient (Wildman–Crippen LogP) is 4.99. The standard InChI is InChI=1S/C26H34N2O3/c1-4-26(2,3)17-13-14-22-20(15-17)24(19-11-7-8-12-21(19)28-22)25(30)31-16-23(29)27-18-9-5-6-10-18/h7-8,11-12,17-18H,4-6,9-10,13-16H2,1-3H3,(H,27,29)/t17-/m1/s1. The van der Waals surface area contributed by atoms with Crippen molar-refractivity contribution in [2.75, 3.05) is 6.61 Å². The molecule has 0 unspecified atom stereocenters. The number of amides is 1. The fourth-order valence-electron chi connectivity index (χ4n) is 5.12. The molecule has 4 rings (SSSR count). The van der Waals surface area contributed by atoms with Crippen LogP contribution in [0.4, 0.5) is 0 Å². The van der Waals surface area contributed by atoms with Crippen molar-refractivity contribution in [2.24, 2.45) is 11.3 Å². The number of nitrogens with one attached hydrogen (secondary N) is 1. The van der Waals surface area contributed by atoms with Crippen LogP contribution in [0, 0.1) is 11.3 Å². The molecule has 2 aliphatic rings. The second kappa shape index (κ2) is 8.97. The highest BCUT2D eigenvalue weighted by Crippen LogP contribution is 2.41. The van der Waals surface area contributed by atoms with Gasteiger partial charge in [0, 0.05) is 17.1 Å². The van der Waals surface area contributed by atoms with Crippen LogP contribution in [-0.4, -0.2) is 29.5 Å². The van der Waals surface area contributed by atoms with Crippen LogP contribution in [0.15, 0.2) is 24.3 Å². The van der Waals surface area contributed by atoms with E-state index in [4.69, 9.17) is 9.72 Å². The van der Waals surface area contributed by atoms with Crippen LogP contribution in [0.3, 0.4) is 0 Å². The van der Waals surface area contributed by atoms with Gasteiger partial charge in [-0.05, 0) is 55.1 Å². The molecule has 1 atom stereocenters. The number of fused-ring (bicyclic) bond motifs is 2. The van der Waals surface area contributed by atoms with Crippen molar-refractivity contribution in [3.63, 3.8) is 0 Å². The first-order valence-corrected chi connectivity index (χ1v) is 11.8. The molecule has 1 aromatic carbocycles. The number of pyridine rings is 1. The van der Waals surface area contributed by atoms with E-state index in [0.29, 0.717) is 11.5 Å². The van der Waals surface area contributed by atoms with Crippen molar-refractivity contribution >= 4 is 22.8 Å². The quantitative estimate of drug-likeness (QED) is 0.666. The van der Waals surface area contributed by atoms with Gasteiger partial charge in [0.15, 0.2) is 6.61 Å². The highest BCUT2D eigenvalue weighted by atomic mass is 16.5. The van der Waals surface area contributed by atoms with Gasteiger partial charge in [-0.1, -0.05) is 58.2 Å².